The average Bonchev–Trinajstić information content (AvgIpc) is 2.98. The Bertz CT molecular complexity index is 735. The van der Waals surface area contributed by atoms with E-state index in [2.05, 4.69) is 64.0 Å². The standard InChI is InChI=1S/C17H14NS.ClH/c1-2-5-14-11-18-8-3-6-16(15-7-9-19-12-15)17(18)10-13(14)4-1;/h1-9,12H,10-11H2;1H/q+1;/p-1. The SMILES string of the molecule is [Cl-].c1ccc2c(c1)Cc1c(-c3ccsc3)ccc[n+]1C2. The molecule has 0 amide bonds. The molecule has 0 spiro atoms. The van der Waals surface area contributed by atoms with Crippen LogP contribution in [-0.2, 0) is 13.0 Å². The van der Waals surface area contributed by atoms with E-state index in [1.807, 2.05) is 0 Å². The van der Waals surface area contributed by atoms with Crippen molar-refractivity contribution in [1.82, 2.24) is 0 Å². The van der Waals surface area contributed by atoms with Crippen LogP contribution in [-0.4, -0.2) is 0 Å². The first kappa shape index (κ1) is 13.3. The molecule has 1 aromatic carbocycles. The molecule has 0 atom stereocenters. The number of benzene rings is 1. The molecule has 0 N–H and O–H groups in total. The molecule has 0 aliphatic carbocycles. The second-order valence-corrected chi connectivity index (χ2v) is 5.73. The third-order valence-corrected chi connectivity index (χ3v) is 4.52. The van der Waals surface area contributed by atoms with E-state index < -0.39 is 0 Å². The fourth-order valence-electron chi connectivity index (χ4n) is 2.86. The minimum Gasteiger partial charge on any atom is -1.00 e. The van der Waals surface area contributed by atoms with Crippen LogP contribution in [0.5, 0.6) is 0 Å². The fourth-order valence-corrected chi connectivity index (χ4v) is 3.51. The number of rotatable bonds is 1. The summed E-state index contributed by atoms with van der Waals surface area (Å²) in [7, 11) is 0. The number of hydrogen-bond acceptors (Lipinski definition) is 1. The predicted octanol–water partition coefficient (Wildman–Crippen LogP) is 0.659. The van der Waals surface area contributed by atoms with E-state index in [1.54, 1.807) is 11.3 Å². The highest BCUT2D eigenvalue weighted by molar-refractivity contribution is 7.08. The van der Waals surface area contributed by atoms with Crippen LogP contribution in [0.2, 0.25) is 0 Å². The molecule has 0 saturated heterocycles. The van der Waals surface area contributed by atoms with E-state index in [4.69, 9.17) is 0 Å². The van der Waals surface area contributed by atoms with Crippen molar-refractivity contribution in [3.05, 3.63) is 76.2 Å². The third-order valence-electron chi connectivity index (χ3n) is 3.84. The zero-order chi connectivity index (χ0) is 12.7. The van der Waals surface area contributed by atoms with E-state index in [0.29, 0.717) is 0 Å². The molecule has 3 heterocycles. The van der Waals surface area contributed by atoms with Gasteiger partial charge in [-0.15, -0.1) is 0 Å². The average molecular weight is 300 g/mol. The largest absolute Gasteiger partial charge is 1.00 e. The van der Waals surface area contributed by atoms with Crippen molar-refractivity contribution in [3.63, 3.8) is 0 Å². The highest BCUT2D eigenvalue weighted by Crippen LogP contribution is 2.28. The lowest BCUT2D eigenvalue weighted by Gasteiger charge is -2.16. The van der Waals surface area contributed by atoms with Gasteiger partial charge in [0, 0.05) is 11.6 Å². The Morgan fingerprint density at radius 2 is 1.80 bits per heavy atom. The Balaban J connectivity index is 0.00000121. The number of aromatic nitrogens is 1. The molecular weight excluding hydrogens is 286 g/mol. The van der Waals surface area contributed by atoms with Crippen molar-refractivity contribution in [2.45, 2.75) is 13.0 Å². The number of nitrogens with zero attached hydrogens (tertiary/aromatic N) is 1. The summed E-state index contributed by atoms with van der Waals surface area (Å²) in [4.78, 5) is 0. The maximum absolute atomic E-state index is 2.38. The highest BCUT2D eigenvalue weighted by Gasteiger charge is 2.24. The van der Waals surface area contributed by atoms with Crippen LogP contribution in [0.15, 0.2) is 59.4 Å². The van der Waals surface area contributed by atoms with Crippen molar-refractivity contribution in [1.29, 1.82) is 0 Å². The van der Waals surface area contributed by atoms with Gasteiger partial charge in [-0.2, -0.15) is 15.9 Å². The Morgan fingerprint density at radius 3 is 2.60 bits per heavy atom. The number of fused-ring (bicyclic) bond motifs is 2. The molecule has 1 nitrogen and oxygen atoms in total. The van der Waals surface area contributed by atoms with Crippen molar-refractivity contribution in [2.75, 3.05) is 0 Å². The maximum Gasteiger partial charge on any atom is 0.193 e. The van der Waals surface area contributed by atoms with E-state index >= 15 is 0 Å². The summed E-state index contributed by atoms with van der Waals surface area (Å²) in [5.41, 5.74) is 7.05. The predicted molar refractivity (Wildman–Crippen MR) is 78.3 cm³/mol. The third kappa shape index (κ3) is 2.15. The van der Waals surface area contributed by atoms with Gasteiger partial charge in [-0.1, -0.05) is 24.3 Å². The van der Waals surface area contributed by atoms with Crippen LogP contribution in [0.3, 0.4) is 0 Å². The van der Waals surface area contributed by atoms with Crippen LogP contribution in [0.25, 0.3) is 11.1 Å². The Morgan fingerprint density at radius 1 is 0.950 bits per heavy atom. The topological polar surface area (TPSA) is 3.88 Å². The van der Waals surface area contributed by atoms with Crippen molar-refractivity contribution >= 4 is 11.3 Å². The molecule has 1 aliphatic heterocycles. The van der Waals surface area contributed by atoms with Gasteiger partial charge in [0.1, 0.15) is 0 Å². The summed E-state index contributed by atoms with van der Waals surface area (Å²) in [5.74, 6) is 0. The molecule has 0 radical (unpaired) electrons. The van der Waals surface area contributed by atoms with Gasteiger partial charge < -0.3 is 12.4 Å². The normalized spacial score (nSPS) is 12.2. The minimum atomic E-state index is 0. The summed E-state index contributed by atoms with van der Waals surface area (Å²) < 4.78 is 2.38. The molecule has 100 valence electrons. The molecule has 4 rings (SSSR count). The molecule has 2 aromatic heterocycles. The molecule has 0 unspecified atom stereocenters. The summed E-state index contributed by atoms with van der Waals surface area (Å²) in [6.07, 6.45) is 3.23. The Kier molecular flexibility index (Phi) is 3.60. The van der Waals surface area contributed by atoms with Gasteiger partial charge in [0.05, 0.1) is 12.0 Å². The lowest BCUT2D eigenvalue weighted by molar-refractivity contribution is -0.697. The van der Waals surface area contributed by atoms with Crippen LogP contribution in [0, 0.1) is 0 Å². The molecule has 3 aromatic rings. The summed E-state index contributed by atoms with van der Waals surface area (Å²) in [6.45, 7) is 0.990. The number of halogens is 1. The van der Waals surface area contributed by atoms with Crippen LogP contribution in [0.4, 0.5) is 0 Å². The fraction of sp³-hybridized carbons (Fsp3) is 0.118. The zero-order valence-electron chi connectivity index (χ0n) is 10.9. The van der Waals surface area contributed by atoms with Crippen LogP contribution >= 0.6 is 11.3 Å². The number of hydrogen-bond donors (Lipinski definition) is 0. The molecule has 3 heteroatoms. The summed E-state index contributed by atoms with van der Waals surface area (Å²) >= 11 is 1.76. The first-order valence-electron chi connectivity index (χ1n) is 6.52. The van der Waals surface area contributed by atoms with Crippen molar-refractivity contribution < 1.29 is 17.0 Å². The second kappa shape index (κ2) is 5.39. The lowest BCUT2D eigenvalue weighted by Crippen LogP contribution is -3.00. The van der Waals surface area contributed by atoms with Gasteiger partial charge >= 0.3 is 0 Å². The summed E-state index contributed by atoms with van der Waals surface area (Å²) in [5, 5.41) is 4.38. The van der Waals surface area contributed by atoms with Crippen LogP contribution < -0.4 is 17.0 Å². The number of pyridine rings is 1. The Labute approximate surface area is 128 Å². The smallest absolute Gasteiger partial charge is 0.193 e. The van der Waals surface area contributed by atoms with Gasteiger partial charge in [0.2, 0.25) is 0 Å². The van der Waals surface area contributed by atoms with Gasteiger partial charge in [-0.05, 0) is 34.0 Å². The van der Waals surface area contributed by atoms with Gasteiger partial charge in [0.15, 0.2) is 18.4 Å². The molecule has 0 fully saturated rings. The number of thiophene rings is 1. The molecule has 0 bridgehead atoms. The van der Waals surface area contributed by atoms with Gasteiger partial charge in [-0.3, -0.25) is 0 Å². The quantitative estimate of drug-likeness (QED) is 0.455. The minimum absolute atomic E-state index is 0. The first-order chi connectivity index (χ1) is 9.42. The van der Waals surface area contributed by atoms with E-state index in [-0.39, 0.29) is 12.4 Å². The van der Waals surface area contributed by atoms with E-state index in [0.717, 1.165) is 13.0 Å². The van der Waals surface area contributed by atoms with E-state index in [9.17, 15) is 0 Å². The summed E-state index contributed by atoms with van der Waals surface area (Å²) in [6, 6.07) is 15.4. The van der Waals surface area contributed by atoms with Crippen molar-refractivity contribution in [3.8, 4) is 11.1 Å². The molecule has 20 heavy (non-hydrogen) atoms. The highest BCUT2D eigenvalue weighted by atomic mass is 35.5. The second-order valence-electron chi connectivity index (χ2n) is 4.95. The van der Waals surface area contributed by atoms with Gasteiger partial charge in [0.25, 0.3) is 0 Å². The van der Waals surface area contributed by atoms with Crippen molar-refractivity contribution in [2.24, 2.45) is 0 Å². The zero-order valence-corrected chi connectivity index (χ0v) is 12.5. The lowest BCUT2D eigenvalue weighted by atomic mass is 9.94. The van der Waals surface area contributed by atoms with Crippen LogP contribution in [0.1, 0.15) is 16.8 Å². The van der Waals surface area contributed by atoms with Gasteiger partial charge in [-0.25, -0.2) is 0 Å². The molecular formula is C17H14ClNS. The molecule has 0 saturated carbocycles. The maximum atomic E-state index is 2.38. The first-order valence-corrected chi connectivity index (χ1v) is 7.47. The Hall–Kier alpha value is -1.64. The van der Waals surface area contributed by atoms with E-state index in [1.165, 1.54) is 27.9 Å². The molecule has 1 aliphatic rings. The monoisotopic (exact) mass is 299 g/mol.